The van der Waals surface area contributed by atoms with Crippen LogP contribution in [-0.2, 0) is 11.8 Å². The predicted octanol–water partition coefficient (Wildman–Crippen LogP) is 3.16. The molecule has 29 heavy (non-hydrogen) atoms. The number of hydrogen-bond acceptors (Lipinski definition) is 5. The van der Waals surface area contributed by atoms with Crippen molar-refractivity contribution < 1.29 is 9.59 Å². The summed E-state index contributed by atoms with van der Waals surface area (Å²) in [6.07, 6.45) is 5.79. The van der Waals surface area contributed by atoms with E-state index in [2.05, 4.69) is 20.8 Å². The minimum absolute atomic E-state index is 0.0346. The zero-order valence-corrected chi connectivity index (χ0v) is 18.1. The first kappa shape index (κ1) is 21.4. The van der Waals surface area contributed by atoms with Gasteiger partial charge in [-0.15, -0.1) is 10.2 Å². The van der Waals surface area contributed by atoms with Crippen LogP contribution in [0.15, 0.2) is 29.4 Å². The Bertz CT molecular complexity index is 861. The Kier molecular flexibility index (Phi) is 7.30. The van der Waals surface area contributed by atoms with Gasteiger partial charge in [-0.3, -0.25) is 9.59 Å². The number of carbonyl (C=O) groups excluding carboxylic acids is 2. The summed E-state index contributed by atoms with van der Waals surface area (Å²) in [6.45, 7) is 3.79. The lowest BCUT2D eigenvalue weighted by molar-refractivity contribution is -0.119. The largest absolute Gasteiger partial charge is 0.353 e. The lowest BCUT2D eigenvalue weighted by Crippen LogP contribution is -2.37. The fourth-order valence-corrected chi connectivity index (χ4v) is 4.37. The number of thioether (sulfide) groups is 1. The van der Waals surface area contributed by atoms with Gasteiger partial charge in [-0.25, -0.2) is 0 Å². The van der Waals surface area contributed by atoms with Crippen LogP contribution in [0.5, 0.6) is 0 Å². The van der Waals surface area contributed by atoms with E-state index in [1.165, 1.54) is 31.0 Å². The Morgan fingerprint density at radius 2 is 1.93 bits per heavy atom. The number of nitrogens with one attached hydrogen (secondary N) is 2. The highest BCUT2D eigenvalue weighted by Gasteiger charge is 2.20. The predicted molar refractivity (Wildman–Crippen MR) is 114 cm³/mol. The second-order valence-electron chi connectivity index (χ2n) is 7.60. The van der Waals surface area contributed by atoms with Crippen LogP contribution < -0.4 is 10.6 Å². The Morgan fingerprint density at radius 1 is 1.21 bits per heavy atom. The van der Waals surface area contributed by atoms with Crippen LogP contribution in [0.2, 0.25) is 0 Å². The molecule has 1 aromatic heterocycles. The molecular formula is C21H29N5O2S. The van der Waals surface area contributed by atoms with Crippen molar-refractivity contribution in [2.24, 2.45) is 7.05 Å². The molecular weight excluding hydrogens is 386 g/mol. The third kappa shape index (κ3) is 5.59. The molecule has 3 rings (SSSR count). The van der Waals surface area contributed by atoms with Crippen LogP contribution >= 0.6 is 11.8 Å². The summed E-state index contributed by atoms with van der Waals surface area (Å²) >= 11 is 1.36. The van der Waals surface area contributed by atoms with Gasteiger partial charge in [0.15, 0.2) is 11.0 Å². The van der Waals surface area contributed by atoms with Gasteiger partial charge in [0, 0.05) is 18.7 Å². The molecule has 1 saturated carbocycles. The van der Waals surface area contributed by atoms with Crippen molar-refractivity contribution in [3.05, 3.63) is 41.2 Å². The number of nitrogens with zero attached hydrogens (tertiary/aromatic N) is 3. The highest BCUT2D eigenvalue weighted by atomic mass is 32.2. The molecule has 1 atom stereocenters. The topological polar surface area (TPSA) is 88.9 Å². The molecule has 2 aromatic rings. The molecule has 0 unspecified atom stereocenters. The maximum absolute atomic E-state index is 12.5. The average Bonchev–Trinajstić information content (AvgIpc) is 3.08. The monoisotopic (exact) mass is 415 g/mol. The molecule has 0 radical (unpaired) electrons. The third-order valence-corrected chi connectivity index (χ3v) is 6.32. The Hall–Kier alpha value is -2.35. The van der Waals surface area contributed by atoms with Gasteiger partial charge in [0.1, 0.15) is 0 Å². The van der Waals surface area contributed by atoms with E-state index in [-0.39, 0.29) is 17.9 Å². The van der Waals surface area contributed by atoms with Gasteiger partial charge >= 0.3 is 0 Å². The van der Waals surface area contributed by atoms with E-state index < -0.39 is 0 Å². The Balaban J connectivity index is 1.54. The fraction of sp³-hybridized carbons (Fsp3) is 0.524. The highest BCUT2D eigenvalue weighted by molar-refractivity contribution is 7.99. The maximum atomic E-state index is 12.5. The van der Waals surface area contributed by atoms with Crippen LogP contribution in [0.1, 0.15) is 66.8 Å². The number of aryl methyl sites for hydroxylation is 1. The standard InChI is InChI=1S/C21H29N5O2S/c1-14-9-7-8-12-17(14)20(28)22-15(2)19-24-25-21(26(19)3)29-13-18(27)23-16-10-5-4-6-11-16/h7-9,12,15-16H,4-6,10-11,13H2,1-3H3,(H,22,28)(H,23,27)/t15-/m0/s1. The van der Waals surface area contributed by atoms with E-state index in [4.69, 9.17) is 0 Å². The van der Waals surface area contributed by atoms with Gasteiger partial charge in [0.2, 0.25) is 5.91 Å². The first-order valence-corrected chi connectivity index (χ1v) is 11.1. The van der Waals surface area contributed by atoms with E-state index in [0.29, 0.717) is 28.3 Å². The van der Waals surface area contributed by atoms with Crippen LogP contribution in [0.25, 0.3) is 0 Å². The van der Waals surface area contributed by atoms with Crippen LogP contribution in [0.4, 0.5) is 0 Å². The summed E-state index contributed by atoms with van der Waals surface area (Å²) in [4.78, 5) is 24.8. The van der Waals surface area contributed by atoms with Crippen molar-refractivity contribution in [1.29, 1.82) is 0 Å². The van der Waals surface area contributed by atoms with Gasteiger partial charge in [0.25, 0.3) is 5.91 Å². The number of aromatic nitrogens is 3. The van der Waals surface area contributed by atoms with Crippen molar-refractivity contribution >= 4 is 23.6 Å². The van der Waals surface area contributed by atoms with Gasteiger partial charge < -0.3 is 15.2 Å². The second-order valence-corrected chi connectivity index (χ2v) is 8.54. The number of hydrogen-bond donors (Lipinski definition) is 2. The van der Waals surface area contributed by atoms with Crippen molar-refractivity contribution in [1.82, 2.24) is 25.4 Å². The lowest BCUT2D eigenvalue weighted by atomic mass is 9.95. The van der Waals surface area contributed by atoms with E-state index >= 15 is 0 Å². The molecule has 0 aliphatic heterocycles. The van der Waals surface area contributed by atoms with Crippen LogP contribution in [0.3, 0.4) is 0 Å². The highest BCUT2D eigenvalue weighted by Crippen LogP contribution is 2.21. The van der Waals surface area contributed by atoms with Crippen LogP contribution in [-0.4, -0.2) is 38.4 Å². The summed E-state index contributed by atoms with van der Waals surface area (Å²) in [5, 5.41) is 15.2. The molecule has 1 aliphatic carbocycles. The van der Waals surface area contributed by atoms with Crippen molar-refractivity contribution in [3.63, 3.8) is 0 Å². The minimum atomic E-state index is -0.301. The van der Waals surface area contributed by atoms with E-state index in [1.807, 2.05) is 43.7 Å². The molecule has 0 bridgehead atoms. The summed E-state index contributed by atoms with van der Waals surface area (Å²) in [7, 11) is 1.85. The SMILES string of the molecule is Cc1ccccc1C(=O)N[C@@H](C)c1nnc(SCC(=O)NC2CCCCC2)n1C. The van der Waals surface area contributed by atoms with E-state index in [1.54, 1.807) is 6.07 Å². The first-order valence-electron chi connectivity index (χ1n) is 10.1. The van der Waals surface area contributed by atoms with E-state index in [0.717, 1.165) is 18.4 Å². The van der Waals surface area contributed by atoms with Crippen LogP contribution in [0, 0.1) is 6.92 Å². The molecule has 0 spiro atoms. The number of carbonyl (C=O) groups is 2. The second kappa shape index (κ2) is 9.91. The quantitative estimate of drug-likeness (QED) is 0.678. The lowest BCUT2D eigenvalue weighted by Gasteiger charge is -2.22. The first-order chi connectivity index (χ1) is 14.0. The maximum Gasteiger partial charge on any atom is 0.252 e. The van der Waals surface area contributed by atoms with Gasteiger partial charge in [-0.05, 0) is 38.3 Å². The smallest absolute Gasteiger partial charge is 0.252 e. The molecule has 1 aliphatic rings. The summed E-state index contributed by atoms with van der Waals surface area (Å²) in [5.41, 5.74) is 1.57. The molecule has 7 nitrogen and oxygen atoms in total. The van der Waals surface area contributed by atoms with E-state index in [9.17, 15) is 9.59 Å². The Labute approximate surface area is 176 Å². The fourth-order valence-electron chi connectivity index (χ4n) is 3.64. The average molecular weight is 416 g/mol. The van der Waals surface area contributed by atoms with Gasteiger partial charge in [0.05, 0.1) is 11.8 Å². The molecule has 2 amide bonds. The summed E-state index contributed by atoms with van der Waals surface area (Å²) < 4.78 is 1.83. The molecule has 1 aromatic carbocycles. The number of benzene rings is 1. The molecule has 1 fully saturated rings. The molecule has 8 heteroatoms. The number of rotatable bonds is 7. The van der Waals surface area contributed by atoms with Crippen molar-refractivity contribution in [2.75, 3.05) is 5.75 Å². The third-order valence-electron chi connectivity index (χ3n) is 5.30. The van der Waals surface area contributed by atoms with Crippen molar-refractivity contribution in [3.8, 4) is 0 Å². The normalized spacial score (nSPS) is 15.7. The molecule has 0 saturated heterocycles. The summed E-state index contributed by atoms with van der Waals surface area (Å²) in [5.74, 6) is 0.862. The zero-order chi connectivity index (χ0) is 20.8. The zero-order valence-electron chi connectivity index (χ0n) is 17.3. The minimum Gasteiger partial charge on any atom is -0.353 e. The van der Waals surface area contributed by atoms with Crippen molar-refractivity contribution in [2.45, 2.75) is 63.2 Å². The Morgan fingerprint density at radius 3 is 2.66 bits per heavy atom. The molecule has 156 valence electrons. The molecule has 1 heterocycles. The number of amides is 2. The van der Waals surface area contributed by atoms with Gasteiger partial charge in [-0.2, -0.15) is 0 Å². The molecule has 2 N–H and O–H groups in total. The van der Waals surface area contributed by atoms with Gasteiger partial charge in [-0.1, -0.05) is 49.2 Å². The summed E-state index contributed by atoms with van der Waals surface area (Å²) in [6, 6.07) is 7.48.